The number of methoxy groups -OCH3 is 1. The Morgan fingerprint density at radius 1 is 1.33 bits per heavy atom. The van der Waals surface area contributed by atoms with Crippen LogP contribution < -0.4 is 5.32 Å². The Hall–Kier alpha value is -1.43. The molecule has 1 N–H and O–H groups in total. The standard InChI is InChI=1S/C15H18ClN3O2/c1-20-10-15(6-8-17-9-7-15)14-18-13(19-21-14)11-4-2-3-5-12(11)16/h2-5,17H,6-10H2,1H3. The van der Waals surface area contributed by atoms with E-state index in [0.717, 1.165) is 31.5 Å². The van der Waals surface area contributed by atoms with Crippen molar-refractivity contribution in [3.63, 3.8) is 0 Å². The molecule has 1 aromatic heterocycles. The molecule has 0 unspecified atom stereocenters. The van der Waals surface area contributed by atoms with Gasteiger partial charge in [0, 0.05) is 12.7 Å². The van der Waals surface area contributed by atoms with Crippen LogP contribution in [-0.2, 0) is 10.2 Å². The summed E-state index contributed by atoms with van der Waals surface area (Å²) < 4.78 is 10.9. The second kappa shape index (κ2) is 6.13. The molecule has 0 saturated carbocycles. The zero-order chi connectivity index (χ0) is 14.7. The van der Waals surface area contributed by atoms with Crippen LogP contribution in [0.1, 0.15) is 18.7 Å². The molecular weight excluding hydrogens is 290 g/mol. The molecule has 3 rings (SSSR count). The van der Waals surface area contributed by atoms with Gasteiger partial charge in [-0.05, 0) is 38.1 Å². The summed E-state index contributed by atoms with van der Waals surface area (Å²) in [5, 5.41) is 8.07. The van der Waals surface area contributed by atoms with E-state index in [2.05, 4.69) is 15.5 Å². The number of ether oxygens (including phenoxy) is 1. The van der Waals surface area contributed by atoms with E-state index in [0.29, 0.717) is 23.3 Å². The lowest BCUT2D eigenvalue weighted by Crippen LogP contribution is -2.43. The largest absolute Gasteiger partial charge is 0.384 e. The summed E-state index contributed by atoms with van der Waals surface area (Å²) in [5.41, 5.74) is 0.586. The number of halogens is 1. The van der Waals surface area contributed by atoms with Gasteiger partial charge in [0.1, 0.15) is 0 Å². The summed E-state index contributed by atoms with van der Waals surface area (Å²) in [7, 11) is 1.70. The van der Waals surface area contributed by atoms with Crippen molar-refractivity contribution in [1.82, 2.24) is 15.5 Å². The lowest BCUT2D eigenvalue weighted by molar-refractivity contribution is 0.0850. The fraction of sp³-hybridized carbons (Fsp3) is 0.467. The number of nitrogens with zero attached hydrogens (tertiary/aromatic N) is 2. The van der Waals surface area contributed by atoms with Crippen LogP contribution in [0.4, 0.5) is 0 Å². The molecule has 6 heteroatoms. The van der Waals surface area contributed by atoms with Gasteiger partial charge in [0.15, 0.2) is 0 Å². The first-order valence-corrected chi connectivity index (χ1v) is 7.42. The Bertz CT molecular complexity index is 603. The summed E-state index contributed by atoms with van der Waals surface area (Å²) in [6.45, 7) is 2.43. The van der Waals surface area contributed by atoms with Gasteiger partial charge in [-0.1, -0.05) is 28.9 Å². The molecule has 21 heavy (non-hydrogen) atoms. The third-order valence-electron chi connectivity index (χ3n) is 3.98. The van der Waals surface area contributed by atoms with E-state index in [4.69, 9.17) is 20.9 Å². The van der Waals surface area contributed by atoms with Gasteiger partial charge in [-0.2, -0.15) is 4.98 Å². The average Bonchev–Trinajstić information content (AvgIpc) is 2.99. The Labute approximate surface area is 128 Å². The Balaban J connectivity index is 1.94. The van der Waals surface area contributed by atoms with Crippen molar-refractivity contribution in [2.75, 3.05) is 26.8 Å². The molecule has 0 radical (unpaired) electrons. The fourth-order valence-electron chi connectivity index (χ4n) is 2.79. The first kappa shape index (κ1) is 14.5. The number of benzene rings is 1. The van der Waals surface area contributed by atoms with Gasteiger partial charge >= 0.3 is 0 Å². The summed E-state index contributed by atoms with van der Waals surface area (Å²) >= 11 is 6.19. The fourth-order valence-corrected chi connectivity index (χ4v) is 3.01. The molecule has 1 aliphatic rings. The van der Waals surface area contributed by atoms with E-state index >= 15 is 0 Å². The van der Waals surface area contributed by atoms with Crippen LogP contribution in [0, 0.1) is 0 Å². The van der Waals surface area contributed by atoms with Gasteiger partial charge in [0.05, 0.1) is 17.0 Å². The number of nitrogens with one attached hydrogen (secondary N) is 1. The zero-order valence-electron chi connectivity index (χ0n) is 11.9. The lowest BCUT2D eigenvalue weighted by atomic mass is 9.79. The first-order valence-electron chi connectivity index (χ1n) is 7.04. The lowest BCUT2D eigenvalue weighted by Gasteiger charge is -2.33. The smallest absolute Gasteiger partial charge is 0.235 e. The maximum Gasteiger partial charge on any atom is 0.235 e. The van der Waals surface area contributed by atoms with Crippen LogP contribution in [0.3, 0.4) is 0 Å². The van der Waals surface area contributed by atoms with Crippen LogP contribution in [0.25, 0.3) is 11.4 Å². The minimum absolute atomic E-state index is 0.202. The molecule has 1 aromatic carbocycles. The molecule has 1 fully saturated rings. The monoisotopic (exact) mass is 307 g/mol. The molecule has 5 nitrogen and oxygen atoms in total. The molecule has 112 valence electrons. The van der Waals surface area contributed by atoms with Crippen molar-refractivity contribution >= 4 is 11.6 Å². The summed E-state index contributed by atoms with van der Waals surface area (Å²) in [5.74, 6) is 1.17. The number of hydrogen-bond donors (Lipinski definition) is 1. The first-order chi connectivity index (χ1) is 10.2. The van der Waals surface area contributed by atoms with Crippen LogP contribution in [0.5, 0.6) is 0 Å². The van der Waals surface area contributed by atoms with Gasteiger partial charge < -0.3 is 14.6 Å². The van der Waals surface area contributed by atoms with Crippen molar-refractivity contribution in [2.45, 2.75) is 18.3 Å². The maximum atomic E-state index is 6.19. The van der Waals surface area contributed by atoms with Crippen LogP contribution >= 0.6 is 11.6 Å². The molecule has 1 saturated heterocycles. The van der Waals surface area contributed by atoms with E-state index < -0.39 is 0 Å². The Kier molecular flexibility index (Phi) is 4.24. The van der Waals surface area contributed by atoms with Crippen LogP contribution in [-0.4, -0.2) is 36.9 Å². The van der Waals surface area contributed by atoms with Crippen molar-refractivity contribution in [2.24, 2.45) is 0 Å². The molecule has 0 atom stereocenters. The molecule has 0 spiro atoms. The van der Waals surface area contributed by atoms with Gasteiger partial charge in [0.25, 0.3) is 0 Å². The van der Waals surface area contributed by atoms with Crippen LogP contribution in [0.15, 0.2) is 28.8 Å². The van der Waals surface area contributed by atoms with Gasteiger partial charge in [-0.15, -0.1) is 0 Å². The van der Waals surface area contributed by atoms with Crippen LogP contribution in [0.2, 0.25) is 5.02 Å². The summed E-state index contributed by atoms with van der Waals surface area (Å²) in [6.07, 6.45) is 1.84. The number of hydrogen-bond acceptors (Lipinski definition) is 5. The minimum Gasteiger partial charge on any atom is -0.384 e. The highest BCUT2D eigenvalue weighted by atomic mass is 35.5. The highest BCUT2D eigenvalue weighted by Crippen LogP contribution is 2.34. The molecule has 0 bridgehead atoms. The summed E-state index contributed by atoms with van der Waals surface area (Å²) in [4.78, 5) is 4.59. The van der Waals surface area contributed by atoms with Gasteiger partial charge in [-0.3, -0.25) is 0 Å². The maximum absolute atomic E-state index is 6.19. The molecule has 2 aromatic rings. The SMILES string of the molecule is COCC1(c2nc(-c3ccccc3Cl)no2)CCNCC1. The van der Waals surface area contributed by atoms with E-state index in [1.54, 1.807) is 7.11 Å². The predicted octanol–water partition coefficient (Wildman–Crippen LogP) is 2.66. The second-order valence-corrected chi connectivity index (χ2v) is 5.77. The van der Waals surface area contributed by atoms with Crippen molar-refractivity contribution in [1.29, 1.82) is 0 Å². The average molecular weight is 308 g/mol. The molecule has 0 amide bonds. The van der Waals surface area contributed by atoms with E-state index in [1.165, 1.54) is 0 Å². The molecular formula is C15H18ClN3O2. The summed E-state index contributed by atoms with van der Waals surface area (Å²) in [6, 6.07) is 7.50. The predicted molar refractivity (Wildman–Crippen MR) is 80.4 cm³/mol. The third kappa shape index (κ3) is 2.81. The van der Waals surface area contributed by atoms with Crippen molar-refractivity contribution in [3.05, 3.63) is 35.2 Å². The van der Waals surface area contributed by atoms with E-state index in [1.807, 2.05) is 24.3 Å². The van der Waals surface area contributed by atoms with Crippen molar-refractivity contribution < 1.29 is 9.26 Å². The topological polar surface area (TPSA) is 60.2 Å². The Morgan fingerprint density at radius 2 is 2.10 bits per heavy atom. The highest BCUT2D eigenvalue weighted by Gasteiger charge is 2.39. The normalized spacial score (nSPS) is 17.8. The number of piperidine rings is 1. The van der Waals surface area contributed by atoms with Gasteiger partial charge in [0.2, 0.25) is 11.7 Å². The minimum atomic E-state index is -0.202. The van der Waals surface area contributed by atoms with E-state index in [9.17, 15) is 0 Å². The number of rotatable bonds is 4. The third-order valence-corrected chi connectivity index (χ3v) is 4.31. The number of aromatic nitrogens is 2. The van der Waals surface area contributed by atoms with E-state index in [-0.39, 0.29) is 5.41 Å². The highest BCUT2D eigenvalue weighted by molar-refractivity contribution is 6.33. The zero-order valence-corrected chi connectivity index (χ0v) is 12.7. The Morgan fingerprint density at radius 3 is 2.81 bits per heavy atom. The second-order valence-electron chi connectivity index (χ2n) is 5.37. The molecule has 0 aliphatic carbocycles. The van der Waals surface area contributed by atoms with Gasteiger partial charge in [-0.25, -0.2) is 0 Å². The molecule has 1 aliphatic heterocycles. The van der Waals surface area contributed by atoms with Crippen molar-refractivity contribution in [3.8, 4) is 11.4 Å². The molecule has 2 heterocycles. The quantitative estimate of drug-likeness (QED) is 0.941.